The Morgan fingerprint density at radius 2 is 1.91 bits per heavy atom. The predicted octanol–water partition coefficient (Wildman–Crippen LogP) is 2.38. The number of hydrazine groups is 1. The lowest BCUT2D eigenvalue weighted by molar-refractivity contribution is -0.384. The molecule has 1 fully saturated rings. The van der Waals surface area contributed by atoms with E-state index in [1.165, 1.54) is 24.4 Å². The van der Waals surface area contributed by atoms with Crippen molar-refractivity contribution in [3.8, 4) is 0 Å². The molecule has 2 aromatic heterocycles. The molecular weight excluding hydrogens is 452 g/mol. The molecule has 0 spiro atoms. The molecule has 0 saturated carbocycles. The van der Waals surface area contributed by atoms with E-state index < -0.39 is 21.0 Å². The molecule has 3 aromatic rings. The zero-order chi connectivity index (χ0) is 23.8. The number of carbonyl (C=O) groups is 1. The summed E-state index contributed by atoms with van der Waals surface area (Å²) in [6.45, 7) is 2.71. The Balaban J connectivity index is 1.69. The Labute approximate surface area is 189 Å². The number of aryl methyl sites for hydroxylation is 1. The fourth-order valence-corrected chi connectivity index (χ4v) is 5.04. The number of rotatable bonds is 6. The highest BCUT2D eigenvalue weighted by Gasteiger charge is 2.28. The molecule has 12 nitrogen and oxygen atoms in total. The van der Waals surface area contributed by atoms with Crippen LogP contribution in [0.1, 0.15) is 18.4 Å². The maximum Gasteiger partial charge on any atom is 0.404 e. The summed E-state index contributed by atoms with van der Waals surface area (Å²) in [7, 11) is -3.96. The number of nitro groups is 1. The number of amides is 1. The van der Waals surface area contributed by atoms with Crippen molar-refractivity contribution in [1.29, 1.82) is 0 Å². The van der Waals surface area contributed by atoms with E-state index in [2.05, 4.69) is 10.4 Å². The molecule has 33 heavy (non-hydrogen) atoms. The lowest BCUT2D eigenvalue weighted by Crippen LogP contribution is -2.41. The largest absolute Gasteiger partial charge is 0.446 e. The van der Waals surface area contributed by atoms with Crippen molar-refractivity contribution in [2.45, 2.75) is 30.8 Å². The molecule has 13 heteroatoms. The lowest BCUT2D eigenvalue weighted by Gasteiger charge is -2.32. The molecular formula is C20H22N6O6S. The third-order valence-corrected chi connectivity index (χ3v) is 7.11. The second-order valence-corrected chi connectivity index (χ2v) is 9.49. The molecule has 0 aliphatic carbocycles. The van der Waals surface area contributed by atoms with Gasteiger partial charge in [0, 0.05) is 19.3 Å². The van der Waals surface area contributed by atoms with Crippen molar-refractivity contribution in [2.24, 2.45) is 5.73 Å². The first-order valence-electron chi connectivity index (χ1n) is 10.1. The molecule has 0 bridgehead atoms. The Kier molecular flexibility index (Phi) is 5.91. The van der Waals surface area contributed by atoms with E-state index in [1.807, 2.05) is 6.92 Å². The minimum Gasteiger partial charge on any atom is -0.446 e. The molecule has 3 heterocycles. The second kappa shape index (κ2) is 8.67. The molecule has 1 aliphatic heterocycles. The van der Waals surface area contributed by atoms with Gasteiger partial charge in [-0.15, -0.1) is 0 Å². The quantitative estimate of drug-likeness (QED) is 0.403. The predicted molar refractivity (Wildman–Crippen MR) is 119 cm³/mol. The van der Waals surface area contributed by atoms with Gasteiger partial charge in [0.25, 0.3) is 10.0 Å². The number of piperidine rings is 1. The van der Waals surface area contributed by atoms with Gasteiger partial charge in [0.05, 0.1) is 15.2 Å². The fraction of sp³-hybridized carbons (Fsp3) is 0.300. The van der Waals surface area contributed by atoms with Gasteiger partial charge in [-0.1, -0.05) is 17.7 Å². The number of benzene rings is 1. The minimum absolute atomic E-state index is 0.0654. The normalized spacial score (nSPS) is 15.4. The summed E-state index contributed by atoms with van der Waals surface area (Å²) in [5.74, 6) is 0. The van der Waals surface area contributed by atoms with Crippen LogP contribution in [0.2, 0.25) is 0 Å². The van der Waals surface area contributed by atoms with Gasteiger partial charge >= 0.3 is 11.8 Å². The lowest BCUT2D eigenvalue weighted by atomic mass is 10.1. The van der Waals surface area contributed by atoms with Gasteiger partial charge in [0.2, 0.25) is 0 Å². The highest BCUT2D eigenvalue weighted by molar-refractivity contribution is 7.90. The second-order valence-electron chi connectivity index (χ2n) is 7.68. The van der Waals surface area contributed by atoms with E-state index in [-0.39, 0.29) is 33.4 Å². The fourth-order valence-electron chi connectivity index (χ4n) is 3.73. The summed E-state index contributed by atoms with van der Waals surface area (Å²) >= 11 is 0. The van der Waals surface area contributed by atoms with Crippen molar-refractivity contribution < 1.29 is 22.9 Å². The number of pyridine rings is 1. The molecule has 1 amide bonds. The topological polar surface area (TPSA) is 163 Å². The number of nitrogens with two attached hydrogens (primary N) is 1. The smallest absolute Gasteiger partial charge is 0.404 e. The Hall–Kier alpha value is -3.71. The van der Waals surface area contributed by atoms with Gasteiger partial charge in [0.15, 0.2) is 5.65 Å². The van der Waals surface area contributed by atoms with Crippen LogP contribution in [0.25, 0.3) is 11.0 Å². The van der Waals surface area contributed by atoms with Gasteiger partial charge in [-0.2, -0.15) is 0 Å². The van der Waals surface area contributed by atoms with Gasteiger partial charge in [-0.25, -0.2) is 27.2 Å². The van der Waals surface area contributed by atoms with Crippen LogP contribution < -0.4 is 11.2 Å². The molecule has 1 saturated heterocycles. The third kappa shape index (κ3) is 4.45. The maximum absolute atomic E-state index is 13.2. The molecule has 1 aromatic carbocycles. The Morgan fingerprint density at radius 1 is 1.24 bits per heavy atom. The number of primary amides is 1. The number of carbonyl (C=O) groups excluding carboxylic acids is 1. The highest BCUT2D eigenvalue weighted by Crippen LogP contribution is 2.34. The zero-order valence-corrected chi connectivity index (χ0v) is 18.5. The summed E-state index contributed by atoms with van der Waals surface area (Å²) in [4.78, 5) is 26.2. The van der Waals surface area contributed by atoms with Crippen LogP contribution in [-0.2, 0) is 14.8 Å². The zero-order valence-electron chi connectivity index (χ0n) is 17.7. The number of hydrogen-bond acceptors (Lipinski definition) is 9. The van der Waals surface area contributed by atoms with Gasteiger partial charge in [-0.05, 0) is 38.0 Å². The first kappa shape index (κ1) is 22.5. The summed E-state index contributed by atoms with van der Waals surface area (Å²) in [6.07, 6.45) is 2.17. The monoisotopic (exact) mass is 474 g/mol. The average molecular weight is 474 g/mol. The molecule has 174 valence electrons. The molecule has 4 rings (SSSR count). The van der Waals surface area contributed by atoms with Crippen LogP contribution in [0.5, 0.6) is 0 Å². The standard InChI is InChI=1S/C20H22N6O6S/c1-13-2-4-15(5-3-13)33(30,31)25-11-8-16-18(17(26(28)29)12-22-19(16)25)23-24-9-6-14(7-10-24)32-20(21)27/h2-5,8,11-12,14H,6-7,9-10H2,1H3,(H2,21,27)(H,22,23). The van der Waals surface area contributed by atoms with Crippen molar-refractivity contribution in [3.05, 3.63) is 58.4 Å². The van der Waals surface area contributed by atoms with Crippen LogP contribution in [0.15, 0.2) is 47.6 Å². The number of nitrogens with zero attached hydrogens (tertiary/aromatic N) is 4. The number of nitrogens with one attached hydrogen (secondary N) is 1. The van der Waals surface area contributed by atoms with Crippen molar-refractivity contribution in [2.75, 3.05) is 18.5 Å². The van der Waals surface area contributed by atoms with Crippen molar-refractivity contribution >= 4 is 38.5 Å². The number of anilines is 1. The van der Waals surface area contributed by atoms with Crippen LogP contribution in [0.4, 0.5) is 16.2 Å². The van der Waals surface area contributed by atoms with Crippen LogP contribution in [-0.4, -0.2) is 52.6 Å². The third-order valence-electron chi connectivity index (χ3n) is 5.43. The molecule has 0 unspecified atom stereocenters. The van der Waals surface area contributed by atoms with Gasteiger partial charge < -0.3 is 15.9 Å². The average Bonchev–Trinajstić information content (AvgIpc) is 3.20. The van der Waals surface area contributed by atoms with Crippen LogP contribution in [0.3, 0.4) is 0 Å². The van der Waals surface area contributed by atoms with E-state index in [0.717, 1.165) is 15.7 Å². The maximum atomic E-state index is 13.2. The number of hydrogen-bond donors (Lipinski definition) is 2. The molecule has 0 radical (unpaired) electrons. The minimum atomic E-state index is -3.96. The van der Waals surface area contributed by atoms with E-state index in [0.29, 0.717) is 25.9 Å². The van der Waals surface area contributed by atoms with E-state index >= 15 is 0 Å². The highest BCUT2D eigenvalue weighted by atomic mass is 32.2. The van der Waals surface area contributed by atoms with Crippen LogP contribution in [0, 0.1) is 17.0 Å². The Bertz CT molecular complexity index is 1310. The summed E-state index contributed by atoms with van der Waals surface area (Å²) in [6, 6.07) is 7.86. The van der Waals surface area contributed by atoms with Crippen molar-refractivity contribution in [3.63, 3.8) is 0 Å². The van der Waals surface area contributed by atoms with E-state index in [1.54, 1.807) is 17.1 Å². The number of aromatic nitrogens is 2. The van der Waals surface area contributed by atoms with Gasteiger partial charge in [0.1, 0.15) is 18.0 Å². The van der Waals surface area contributed by atoms with E-state index in [9.17, 15) is 23.3 Å². The summed E-state index contributed by atoms with van der Waals surface area (Å²) < 4.78 is 32.4. The van der Waals surface area contributed by atoms with Crippen LogP contribution >= 0.6 is 0 Å². The Morgan fingerprint density at radius 3 is 2.52 bits per heavy atom. The summed E-state index contributed by atoms with van der Waals surface area (Å²) in [5, 5.41) is 13.7. The molecule has 0 atom stereocenters. The summed E-state index contributed by atoms with van der Waals surface area (Å²) in [5.41, 5.74) is 8.92. The molecule has 1 aliphatic rings. The SMILES string of the molecule is Cc1ccc(S(=O)(=O)n2ccc3c(NN4CCC(OC(N)=O)CC4)c([N+](=O)[O-])cnc32)cc1. The number of fused-ring (bicyclic) bond motifs is 1. The first-order chi connectivity index (χ1) is 15.7. The van der Waals surface area contributed by atoms with Crippen molar-refractivity contribution in [1.82, 2.24) is 14.0 Å². The molecule has 3 N–H and O–H groups in total. The first-order valence-corrected chi connectivity index (χ1v) is 11.5. The number of ether oxygens (including phenoxy) is 1. The van der Waals surface area contributed by atoms with Gasteiger partial charge in [-0.3, -0.25) is 10.1 Å². The van der Waals surface area contributed by atoms with E-state index in [4.69, 9.17) is 10.5 Å².